The fourth-order valence-electron chi connectivity index (χ4n) is 2.90. The average Bonchev–Trinajstić information content (AvgIpc) is 3.16. The predicted molar refractivity (Wildman–Crippen MR) is 104 cm³/mol. The number of nitrogens with zero attached hydrogens (tertiary/aromatic N) is 3. The minimum Gasteiger partial charge on any atom is -0.341 e. The first-order valence-electron chi connectivity index (χ1n) is 9.06. The van der Waals surface area contributed by atoms with Gasteiger partial charge < -0.3 is 4.90 Å². The second kappa shape index (κ2) is 8.48. The van der Waals surface area contributed by atoms with Gasteiger partial charge in [-0.05, 0) is 41.7 Å². The molecule has 0 bridgehead atoms. The predicted octanol–water partition coefficient (Wildman–Crippen LogP) is 4.03. The Hall–Kier alpha value is -2.88. The highest BCUT2D eigenvalue weighted by atomic mass is 16.2. The Bertz CT molecular complexity index is 837. The van der Waals surface area contributed by atoms with Crippen LogP contribution < -0.4 is 0 Å². The minimum absolute atomic E-state index is 0.150. The molecule has 26 heavy (non-hydrogen) atoms. The molecule has 0 saturated carbocycles. The summed E-state index contributed by atoms with van der Waals surface area (Å²) in [6.45, 7) is 2.79. The van der Waals surface area contributed by atoms with Crippen LogP contribution in [0.25, 0.3) is 5.69 Å². The second-order valence-electron chi connectivity index (χ2n) is 6.55. The van der Waals surface area contributed by atoms with Gasteiger partial charge in [-0.1, -0.05) is 49.4 Å². The van der Waals surface area contributed by atoms with E-state index in [2.05, 4.69) is 36.3 Å². The number of aromatic nitrogens is 2. The lowest BCUT2D eigenvalue weighted by Gasteiger charge is -2.17. The van der Waals surface area contributed by atoms with E-state index in [1.807, 2.05) is 54.5 Å². The van der Waals surface area contributed by atoms with Crippen molar-refractivity contribution in [3.8, 4) is 5.69 Å². The van der Waals surface area contributed by atoms with Crippen molar-refractivity contribution in [2.24, 2.45) is 0 Å². The van der Waals surface area contributed by atoms with Gasteiger partial charge in [-0.2, -0.15) is 5.10 Å². The Balaban J connectivity index is 1.52. The van der Waals surface area contributed by atoms with E-state index < -0.39 is 0 Å². The molecule has 0 atom stereocenters. The Kier molecular flexibility index (Phi) is 5.84. The van der Waals surface area contributed by atoms with Gasteiger partial charge in [0.05, 0.1) is 11.9 Å². The van der Waals surface area contributed by atoms with E-state index in [1.54, 1.807) is 4.90 Å². The van der Waals surface area contributed by atoms with Crippen LogP contribution in [0.3, 0.4) is 0 Å². The van der Waals surface area contributed by atoms with Crippen LogP contribution in [0.4, 0.5) is 0 Å². The van der Waals surface area contributed by atoms with Gasteiger partial charge in [-0.15, -0.1) is 0 Å². The van der Waals surface area contributed by atoms with E-state index in [0.717, 1.165) is 23.2 Å². The summed E-state index contributed by atoms with van der Waals surface area (Å²) in [4.78, 5) is 14.2. The number of aryl methyl sites for hydroxylation is 2. The molecule has 0 aliphatic heterocycles. The maximum Gasteiger partial charge on any atom is 0.222 e. The molecule has 0 aliphatic carbocycles. The fraction of sp³-hybridized carbons (Fsp3) is 0.273. The maximum atomic E-state index is 12.4. The molecule has 0 saturated heterocycles. The number of para-hydroxylation sites is 1. The van der Waals surface area contributed by atoms with Crippen LogP contribution in [-0.4, -0.2) is 27.6 Å². The Labute approximate surface area is 155 Å². The van der Waals surface area contributed by atoms with Crippen LogP contribution in [0.15, 0.2) is 67.0 Å². The summed E-state index contributed by atoms with van der Waals surface area (Å²) >= 11 is 0. The van der Waals surface area contributed by atoms with Crippen LogP contribution in [0.2, 0.25) is 0 Å². The molecular formula is C22H25N3O. The summed E-state index contributed by atoms with van der Waals surface area (Å²) in [5.41, 5.74) is 4.58. The number of carbonyl (C=O) groups is 1. The molecule has 0 fully saturated rings. The molecule has 0 unspecified atom stereocenters. The van der Waals surface area contributed by atoms with E-state index in [-0.39, 0.29) is 5.91 Å². The summed E-state index contributed by atoms with van der Waals surface area (Å²) in [7, 11) is 1.86. The molecule has 3 rings (SSSR count). The van der Waals surface area contributed by atoms with Gasteiger partial charge in [0.1, 0.15) is 0 Å². The molecule has 4 nitrogen and oxygen atoms in total. The van der Waals surface area contributed by atoms with Gasteiger partial charge in [0.15, 0.2) is 0 Å². The highest BCUT2D eigenvalue weighted by molar-refractivity contribution is 5.76. The highest BCUT2D eigenvalue weighted by Crippen LogP contribution is 2.11. The summed E-state index contributed by atoms with van der Waals surface area (Å²) in [5.74, 6) is 0.150. The van der Waals surface area contributed by atoms with Gasteiger partial charge in [0.25, 0.3) is 0 Å². The normalized spacial score (nSPS) is 10.7. The zero-order valence-electron chi connectivity index (χ0n) is 15.4. The van der Waals surface area contributed by atoms with Crippen LogP contribution in [0.1, 0.15) is 30.0 Å². The Morgan fingerprint density at radius 1 is 1.00 bits per heavy atom. The lowest BCUT2D eigenvalue weighted by Crippen LogP contribution is -2.26. The van der Waals surface area contributed by atoms with E-state index in [1.165, 1.54) is 5.56 Å². The molecule has 1 aromatic heterocycles. The van der Waals surface area contributed by atoms with Gasteiger partial charge >= 0.3 is 0 Å². The van der Waals surface area contributed by atoms with Crippen LogP contribution in [0.5, 0.6) is 0 Å². The third-order valence-corrected chi connectivity index (χ3v) is 4.56. The third-order valence-electron chi connectivity index (χ3n) is 4.56. The summed E-state index contributed by atoms with van der Waals surface area (Å²) in [5, 5.41) is 4.39. The van der Waals surface area contributed by atoms with Crippen molar-refractivity contribution >= 4 is 5.91 Å². The van der Waals surface area contributed by atoms with Crippen LogP contribution in [0, 0.1) is 0 Å². The van der Waals surface area contributed by atoms with Gasteiger partial charge in [-0.25, -0.2) is 4.68 Å². The van der Waals surface area contributed by atoms with Crippen LogP contribution >= 0.6 is 0 Å². The molecule has 0 aliphatic rings. The molecule has 1 amide bonds. The zero-order valence-corrected chi connectivity index (χ0v) is 15.4. The topological polar surface area (TPSA) is 38.1 Å². The number of carbonyl (C=O) groups excluding carboxylic acids is 1. The lowest BCUT2D eigenvalue weighted by atomic mass is 10.1. The minimum atomic E-state index is 0.150. The first kappa shape index (κ1) is 17.9. The van der Waals surface area contributed by atoms with E-state index in [9.17, 15) is 4.79 Å². The van der Waals surface area contributed by atoms with Crippen LogP contribution in [-0.2, 0) is 24.2 Å². The molecule has 0 spiro atoms. The number of rotatable bonds is 7. The lowest BCUT2D eigenvalue weighted by molar-refractivity contribution is -0.130. The summed E-state index contributed by atoms with van der Waals surface area (Å²) in [6, 6.07) is 18.5. The number of amides is 1. The van der Waals surface area contributed by atoms with Crippen molar-refractivity contribution in [1.29, 1.82) is 0 Å². The summed E-state index contributed by atoms with van der Waals surface area (Å²) < 4.78 is 1.85. The van der Waals surface area contributed by atoms with Crippen molar-refractivity contribution in [3.05, 3.63) is 83.7 Å². The SMILES string of the molecule is CCc1ccc(CN(C)C(=O)CCc2cnn(-c3ccccc3)c2)cc1. The standard InChI is InChI=1S/C22H25N3O/c1-3-18-9-11-19(12-10-18)16-24(2)22(26)14-13-20-15-23-25(17-20)21-7-5-4-6-8-21/h4-12,15,17H,3,13-14,16H2,1-2H3. The zero-order chi connectivity index (χ0) is 18.4. The van der Waals surface area contributed by atoms with Crippen molar-refractivity contribution in [2.45, 2.75) is 32.7 Å². The van der Waals surface area contributed by atoms with E-state index in [0.29, 0.717) is 19.4 Å². The molecule has 3 aromatic rings. The van der Waals surface area contributed by atoms with Crippen molar-refractivity contribution in [1.82, 2.24) is 14.7 Å². The molecule has 4 heteroatoms. The van der Waals surface area contributed by atoms with E-state index >= 15 is 0 Å². The average molecular weight is 347 g/mol. The highest BCUT2D eigenvalue weighted by Gasteiger charge is 2.10. The van der Waals surface area contributed by atoms with Gasteiger partial charge in [0, 0.05) is 26.2 Å². The van der Waals surface area contributed by atoms with Crippen molar-refractivity contribution in [3.63, 3.8) is 0 Å². The molecule has 2 aromatic carbocycles. The molecular weight excluding hydrogens is 322 g/mol. The van der Waals surface area contributed by atoms with Crippen molar-refractivity contribution in [2.75, 3.05) is 7.05 Å². The quantitative estimate of drug-likeness (QED) is 0.647. The number of hydrogen-bond acceptors (Lipinski definition) is 2. The first-order chi connectivity index (χ1) is 12.7. The maximum absolute atomic E-state index is 12.4. The molecule has 0 N–H and O–H groups in total. The van der Waals surface area contributed by atoms with Crippen molar-refractivity contribution < 1.29 is 4.79 Å². The molecule has 0 radical (unpaired) electrons. The van der Waals surface area contributed by atoms with Gasteiger partial charge in [0.2, 0.25) is 5.91 Å². The Morgan fingerprint density at radius 2 is 1.69 bits per heavy atom. The van der Waals surface area contributed by atoms with E-state index in [4.69, 9.17) is 0 Å². The third kappa shape index (κ3) is 4.60. The monoisotopic (exact) mass is 347 g/mol. The summed E-state index contributed by atoms with van der Waals surface area (Å²) in [6.07, 6.45) is 6.05. The largest absolute Gasteiger partial charge is 0.341 e. The Morgan fingerprint density at radius 3 is 2.38 bits per heavy atom. The second-order valence-corrected chi connectivity index (χ2v) is 6.55. The van der Waals surface area contributed by atoms with Gasteiger partial charge in [-0.3, -0.25) is 4.79 Å². The smallest absolute Gasteiger partial charge is 0.222 e. The fourth-order valence-corrected chi connectivity index (χ4v) is 2.90. The molecule has 134 valence electrons. The first-order valence-corrected chi connectivity index (χ1v) is 9.06. The number of benzene rings is 2. The number of hydrogen-bond donors (Lipinski definition) is 0. The molecule has 1 heterocycles.